The van der Waals surface area contributed by atoms with Crippen LogP contribution in [0.2, 0.25) is 0 Å². The van der Waals surface area contributed by atoms with Crippen molar-refractivity contribution in [2.45, 2.75) is 12.5 Å². The Morgan fingerprint density at radius 2 is 1.79 bits per heavy atom. The molecule has 0 bridgehead atoms. The van der Waals surface area contributed by atoms with Crippen LogP contribution in [-0.2, 0) is 0 Å². The highest BCUT2D eigenvalue weighted by atomic mass is 16.5. The summed E-state index contributed by atoms with van der Waals surface area (Å²) < 4.78 is 5.44. The molecule has 0 aliphatic carbocycles. The number of anilines is 1. The van der Waals surface area contributed by atoms with E-state index in [9.17, 15) is 0 Å². The second-order valence-electron chi connectivity index (χ2n) is 4.33. The van der Waals surface area contributed by atoms with E-state index in [-0.39, 0.29) is 6.04 Å². The maximum Gasteiger partial charge on any atom is 0.124 e. The van der Waals surface area contributed by atoms with Gasteiger partial charge in [-0.15, -0.1) is 6.58 Å². The number of ether oxygens (including phenoxy) is 1. The Kier molecular flexibility index (Phi) is 4.62. The van der Waals surface area contributed by atoms with Gasteiger partial charge < -0.3 is 10.1 Å². The minimum Gasteiger partial charge on any atom is -0.496 e. The number of para-hydroxylation sites is 2. The second-order valence-corrected chi connectivity index (χ2v) is 4.33. The Morgan fingerprint density at radius 1 is 1.11 bits per heavy atom. The van der Waals surface area contributed by atoms with Gasteiger partial charge in [-0.2, -0.15) is 0 Å². The van der Waals surface area contributed by atoms with E-state index in [2.05, 4.69) is 30.1 Å². The summed E-state index contributed by atoms with van der Waals surface area (Å²) in [5.41, 5.74) is 2.24. The lowest BCUT2D eigenvalue weighted by Gasteiger charge is -2.21. The van der Waals surface area contributed by atoms with Gasteiger partial charge in [-0.1, -0.05) is 42.5 Å². The van der Waals surface area contributed by atoms with Crippen molar-refractivity contribution in [2.24, 2.45) is 0 Å². The van der Waals surface area contributed by atoms with Crippen molar-refractivity contribution in [3.05, 3.63) is 72.8 Å². The molecule has 0 aliphatic heterocycles. The molecule has 0 saturated heterocycles. The zero-order chi connectivity index (χ0) is 13.5. The van der Waals surface area contributed by atoms with Crippen LogP contribution in [0.25, 0.3) is 0 Å². The summed E-state index contributed by atoms with van der Waals surface area (Å²) in [5.74, 6) is 0.901. The minimum absolute atomic E-state index is 0.163. The van der Waals surface area contributed by atoms with Crippen LogP contribution in [0.3, 0.4) is 0 Å². The first-order valence-electron chi connectivity index (χ1n) is 6.40. The SMILES string of the molecule is C=CC[C@H](Nc1ccccc1)c1ccccc1OC. The molecule has 19 heavy (non-hydrogen) atoms. The molecule has 98 valence electrons. The van der Waals surface area contributed by atoms with Crippen LogP contribution in [-0.4, -0.2) is 7.11 Å². The summed E-state index contributed by atoms with van der Waals surface area (Å²) in [6.45, 7) is 3.84. The van der Waals surface area contributed by atoms with Crippen molar-refractivity contribution in [1.82, 2.24) is 0 Å². The van der Waals surface area contributed by atoms with Gasteiger partial charge in [0.05, 0.1) is 13.2 Å². The van der Waals surface area contributed by atoms with E-state index in [4.69, 9.17) is 4.74 Å². The van der Waals surface area contributed by atoms with Crippen LogP contribution < -0.4 is 10.1 Å². The van der Waals surface area contributed by atoms with Gasteiger partial charge in [-0.3, -0.25) is 0 Å². The summed E-state index contributed by atoms with van der Waals surface area (Å²) in [6, 6.07) is 18.4. The van der Waals surface area contributed by atoms with Crippen LogP contribution in [0, 0.1) is 0 Å². The topological polar surface area (TPSA) is 21.3 Å². The van der Waals surface area contributed by atoms with E-state index in [1.165, 1.54) is 0 Å². The smallest absolute Gasteiger partial charge is 0.124 e. The number of hydrogen-bond donors (Lipinski definition) is 1. The molecule has 0 amide bonds. The molecule has 1 atom stereocenters. The fourth-order valence-corrected chi connectivity index (χ4v) is 2.12. The minimum atomic E-state index is 0.163. The molecule has 0 aromatic heterocycles. The summed E-state index contributed by atoms with van der Waals surface area (Å²) >= 11 is 0. The van der Waals surface area contributed by atoms with Crippen LogP contribution in [0.1, 0.15) is 18.0 Å². The maximum absolute atomic E-state index is 5.44. The third-order valence-corrected chi connectivity index (χ3v) is 3.03. The van der Waals surface area contributed by atoms with E-state index in [0.29, 0.717) is 0 Å². The van der Waals surface area contributed by atoms with Gasteiger partial charge in [0.2, 0.25) is 0 Å². The molecule has 0 aliphatic rings. The van der Waals surface area contributed by atoms with E-state index in [1.54, 1.807) is 7.11 Å². The first-order valence-corrected chi connectivity index (χ1v) is 6.40. The van der Waals surface area contributed by atoms with Crippen LogP contribution >= 0.6 is 0 Å². The van der Waals surface area contributed by atoms with E-state index < -0.39 is 0 Å². The maximum atomic E-state index is 5.44. The lowest BCUT2D eigenvalue weighted by atomic mass is 10.0. The van der Waals surface area contributed by atoms with Crippen LogP contribution in [0.5, 0.6) is 5.75 Å². The van der Waals surface area contributed by atoms with Crippen molar-refractivity contribution in [3.8, 4) is 5.75 Å². The third kappa shape index (κ3) is 3.38. The molecule has 0 fully saturated rings. The summed E-state index contributed by atoms with van der Waals surface area (Å²) in [6.07, 6.45) is 2.77. The number of rotatable bonds is 6. The molecule has 0 spiro atoms. The van der Waals surface area contributed by atoms with Gasteiger partial charge in [0.25, 0.3) is 0 Å². The highest BCUT2D eigenvalue weighted by Gasteiger charge is 2.14. The highest BCUT2D eigenvalue weighted by Crippen LogP contribution is 2.30. The summed E-state index contributed by atoms with van der Waals surface area (Å²) in [4.78, 5) is 0. The standard InChI is InChI=1S/C17H19NO/c1-3-9-16(18-14-10-5-4-6-11-14)15-12-7-8-13-17(15)19-2/h3-8,10-13,16,18H,1,9H2,2H3/t16-/m0/s1. The Labute approximate surface area is 114 Å². The summed E-state index contributed by atoms with van der Waals surface area (Å²) in [5, 5.41) is 3.52. The average molecular weight is 253 g/mol. The molecule has 2 nitrogen and oxygen atoms in total. The number of methoxy groups -OCH3 is 1. The van der Waals surface area contributed by atoms with Gasteiger partial charge in [0, 0.05) is 11.3 Å². The van der Waals surface area contributed by atoms with E-state index >= 15 is 0 Å². The molecule has 0 unspecified atom stereocenters. The van der Waals surface area contributed by atoms with Crippen molar-refractivity contribution in [2.75, 3.05) is 12.4 Å². The Bertz CT molecular complexity index is 522. The molecule has 2 rings (SSSR count). The van der Waals surface area contributed by atoms with Crippen molar-refractivity contribution >= 4 is 5.69 Å². The molecule has 0 radical (unpaired) electrons. The normalized spacial score (nSPS) is 11.6. The molecule has 1 N–H and O–H groups in total. The number of benzene rings is 2. The quantitative estimate of drug-likeness (QED) is 0.769. The predicted octanol–water partition coefficient (Wildman–Crippen LogP) is 4.42. The highest BCUT2D eigenvalue weighted by molar-refractivity contribution is 5.47. The van der Waals surface area contributed by atoms with Gasteiger partial charge in [0.1, 0.15) is 5.75 Å². The molecule has 2 heteroatoms. The summed E-state index contributed by atoms with van der Waals surface area (Å²) in [7, 11) is 1.70. The molecular formula is C17H19NO. The molecule has 0 heterocycles. The molecule has 2 aromatic carbocycles. The number of nitrogens with one attached hydrogen (secondary N) is 1. The third-order valence-electron chi connectivity index (χ3n) is 3.03. The van der Waals surface area contributed by atoms with Crippen molar-refractivity contribution < 1.29 is 4.74 Å². The first kappa shape index (κ1) is 13.2. The lowest BCUT2D eigenvalue weighted by molar-refractivity contribution is 0.407. The Hall–Kier alpha value is -2.22. The second kappa shape index (κ2) is 6.64. The van der Waals surface area contributed by atoms with Crippen molar-refractivity contribution in [3.63, 3.8) is 0 Å². The lowest BCUT2D eigenvalue weighted by Crippen LogP contribution is -2.11. The van der Waals surface area contributed by atoms with Gasteiger partial charge in [-0.05, 0) is 24.6 Å². The van der Waals surface area contributed by atoms with E-state index in [0.717, 1.165) is 23.4 Å². The molecule has 0 saturated carbocycles. The fourth-order valence-electron chi connectivity index (χ4n) is 2.12. The van der Waals surface area contributed by atoms with Gasteiger partial charge in [-0.25, -0.2) is 0 Å². The zero-order valence-corrected chi connectivity index (χ0v) is 11.2. The van der Waals surface area contributed by atoms with Crippen LogP contribution in [0.15, 0.2) is 67.3 Å². The Balaban J connectivity index is 2.27. The monoisotopic (exact) mass is 253 g/mol. The van der Waals surface area contributed by atoms with Gasteiger partial charge >= 0.3 is 0 Å². The predicted molar refractivity (Wildman–Crippen MR) is 80.6 cm³/mol. The fraction of sp³-hybridized carbons (Fsp3) is 0.176. The first-order chi connectivity index (χ1) is 9.35. The van der Waals surface area contributed by atoms with Crippen LogP contribution in [0.4, 0.5) is 5.69 Å². The largest absolute Gasteiger partial charge is 0.496 e. The van der Waals surface area contributed by atoms with E-state index in [1.807, 2.05) is 42.5 Å². The Morgan fingerprint density at radius 3 is 2.47 bits per heavy atom. The zero-order valence-electron chi connectivity index (χ0n) is 11.2. The molecular weight excluding hydrogens is 234 g/mol. The molecule has 2 aromatic rings. The van der Waals surface area contributed by atoms with Crippen molar-refractivity contribution in [1.29, 1.82) is 0 Å². The average Bonchev–Trinajstić information content (AvgIpc) is 2.48. The van der Waals surface area contributed by atoms with Gasteiger partial charge in [0.15, 0.2) is 0 Å². The number of hydrogen-bond acceptors (Lipinski definition) is 2.